The molecule has 15 nitrogen and oxygen atoms in total. The second kappa shape index (κ2) is 22.6. The fraction of sp³-hybridized carbons (Fsp3) is 0.488. The van der Waals surface area contributed by atoms with Crippen LogP contribution in [0, 0.1) is 0 Å². The summed E-state index contributed by atoms with van der Waals surface area (Å²) >= 11 is 0. The van der Waals surface area contributed by atoms with Crippen molar-refractivity contribution in [3.05, 3.63) is 83.2 Å². The van der Waals surface area contributed by atoms with E-state index in [1.807, 2.05) is 24.3 Å². The summed E-state index contributed by atoms with van der Waals surface area (Å²) in [6, 6.07) is 17.7. The first-order chi connectivity index (χ1) is 27.3. The number of nitrogens with zero attached hydrogens (tertiary/aromatic N) is 2. The van der Waals surface area contributed by atoms with E-state index in [0.29, 0.717) is 70.8 Å². The quantitative estimate of drug-likeness (QED) is 0.0976. The van der Waals surface area contributed by atoms with E-state index in [1.165, 1.54) is 23.3 Å². The van der Waals surface area contributed by atoms with Crippen molar-refractivity contribution in [2.24, 2.45) is 0 Å². The molecule has 0 radical (unpaired) electrons. The molecule has 302 valence electrons. The summed E-state index contributed by atoms with van der Waals surface area (Å²) < 4.78 is 27.2. The smallest absolute Gasteiger partial charge is 0.270 e. The van der Waals surface area contributed by atoms with Gasteiger partial charge in [0.1, 0.15) is 18.1 Å². The SMILES string of the molecule is COc1cnc(C(=O)NCc2cccc(CC(=O)NCCOCCOCCOCCOCC(=O)NCC(=O)N3CC[C@@H](O)C3)c2)cc1-c1ccc(C2CC2)cc1. The molecular formula is C41H53N5O10. The van der Waals surface area contributed by atoms with Crippen LogP contribution in [0.1, 0.15) is 52.4 Å². The van der Waals surface area contributed by atoms with Crippen LogP contribution < -0.4 is 20.7 Å². The fourth-order valence-electron chi connectivity index (χ4n) is 6.07. The molecule has 56 heavy (non-hydrogen) atoms. The molecule has 1 saturated heterocycles. The minimum atomic E-state index is -0.496. The average molecular weight is 776 g/mol. The molecule has 4 N–H and O–H groups in total. The summed E-state index contributed by atoms with van der Waals surface area (Å²) in [6.07, 6.45) is 4.29. The molecule has 1 saturated carbocycles. The maximum atomic E-state index is 13.1. The molecule has 2 heterocycles. The number of aliphatic hydroxyl groups excluding tert-OH is 1. The highest BCUT2D eigenvalue weighted by molar-refractivity contribution is 5.94. The Bertz CT molecular complexity index is 1740. The average Bonchev–Trinajstić information content (AvgIpc) is 3.98. The molecule has 15 heteroatoms. The van der Waals surface area contributed by atoms with E-state index in [1.54, 1.807) is 19.4 Å². The number of pyridine rings is 1. The van der Waals surface area contributed by atoms with Gasteiger partial charge in [-0.1, -0.05) is 48.5 Å². The Morgan fingerprint density at radius 1 is 0.804 bits per heavy atom. The molecule has 1 atom stereocenters. The number of likely N-dealkylation sites (tertiary alicyclic amines) is 1. The molecule has 2 aromatic carbocycles. The highest BCUT2D eigenvalue weighted by Gasteiger charge is 2.25. The van der Waals surface area contributed by atoms with Gasteiger partial charge in [-0.2, -0.15) is 0 Å². The molecule has 1 aromatic heterocycles. The van der Waals surface area contributed by atoms with Gasteiger partial charge in [0, 0.05) is 31.7 Å². The standard InChI is InChI=1S/C41H53N5O10/c1-52-37-25-43-36(23-35(37)33-9-7-32(8-10-33)31-5-6-31)41(51)45-24-30-4-2-3-29(21-30)22-38(48)42-12-14-53-15-16-54-17-18-55-19-20-56-28-39(49)44-26-40(50)46-13-11-34(47)27-46/h2-4,7-10,21,23,25,31,34,47H,5-6,11-20,22,24,26-28H2,1H3,(H,42,48)(H,44,49)(H,45,51)/t34-/m1/s1. The third kappa shape index (κ3) is 14.3. The van der Waals surface area contributed by atoms with Crippen LogP contribution in [0.2, 0.25) is 0 Å². The molecule has 3 aromatic rings. The Morgan fingerprint density at radius 2 is 1.50 bits per heavy atom. The van der Waals surface area contributed by atoms with E-state index in [4.69, 9.17) is 23.7 Å². The molecule has 4 amide bonds. The first kappa shape index (κ1) is 42.2. The van der Waals surface area contributed by atoms with Crippen molar-refractivity contribution in [3.63, 3.8) is 0 Å². The van der Waals surface area contributed by atoms with Gasteiger partial charge in [-0.05, 0) is 53.5 Å². The minimum absolute atomic E-state index is 0.120. The van der Waals surface area contributed by atoms with E-state index >= 15 is 0 Å². The minimum Gasteiger partial charge on any atom is -0.494 e. The second-order valence-electron chi connectivity index (χ2n) is 13.6. The summed E-state index contributed by atoms with van der Waals surface area (Å²) in [5.41, 5.74) is 5.08. The van der Waals surface area contributed by atoms with E-state index in [2.05, 4.69) is 45.2 Å². The van der Waals surface area contributed by atoms with E-state index in [0.717, 1.165) is 22.3 Å². The Hall–Kier alpha value is -4.93. The lowest BCUT2D eigenvalue weighted by Crippen LogP contribution is -2.40. The van der Waals surface area contributed by atoms with Gasteiger partial charge in [0.25, 0.3) is 5.91 Å². The predicted molar refractivity (Wildman–Crippen MR) is 206 cm³/mol. The highest BCUT2D eigenvalue weighted by atomic mass is 16.6. The lowest BCUT2D eigenvalue weighted by atomic mass is 10.0. The molecule has 2 aliphatic rings. The van der Waals surface area contributed by atoms with Crippen LogP contribution in [-0.4, -0.2) is 131 Å². The Kier molecular flexibility index (Phi) is 17.0. The van der Waals surface area contributed by atoms with Crippen LogP contribution in [-0.2, 0) is 46.3 Å². The van der Waals surface area contributed by atoms with Crippen LogP contribution in [0.25, 0.3) is 11.1 Å². The Labute approximate surface area is 327 Å². The van der Waals surface area contributed by atoms with Gasteiger partial charge in [0.2, 0.25) is 17.7 Å². The van der Waals surface area contributed by atoms with Crippen molar-refractivity contribution in [3.8, 4) is 16.9 Å². The van der Waals surface area contributed by atoms with Crippen LogP contribution in [0.4, 0.5) is 0 Å². The number of β-amino-alcohol motifs (C(OH)–C–C–N with tert-alkyl or cyclic N) is 1. The monoisotopic (exact) mass is 775 g/mol. The van der Waals surface area contributed by atoms with Crippen molar-refractivity contribution < 1.29 is 48.0 Å². The van der Waals surface area contributed by atoms with Crippen molar-refractivity contribution in [2.75, 3.05) is 86.1 Å². The lowest BCUT2D eigenvalue weighted by molar-refractivity contribution is -0.133. The van der Waals surface area contributed by atoms with Gasteiger partial charge < -0.3 is 49.6 Å². The van der Waals surface area contributed by atoms with E-state index in [9.17, 15) is 24.3 Å². The zero-order chi connectivity index (χ0) is 39.5. The maximum Gasteiger partial charge on any atom is 0.270 e. The third-order valence-electron chi connectivity index (χ3n) is 9.27. The number of hydrogen-bond acceptors (Lipinski definition) is 11. The van der Waals surface area contributed by atoms with Gasteiger partial charge in [-0.25, -0.2) is 4.98 Å². The van der Waals surface area contributed by atoms with Gasteiger partial charge in [-0.15, -0.1) is 0 Å². The number of amides is 4. The highest BCUT2D eigenvalue weighted by Crippen LogP contribution is 2.41. The number of aromatic nitrogens is 1. The van der Waals surface area contributed by atoms with Gasteiger partial charge >= 0.3 is 0 Å². The summed E-state index contributed by atoms with van der Waals surface area (Å²) in [5, 5.41) is 17.8. The van der Waals surface area contributed by atoms with Gasteiger partial charge in [0.15, 0.2) is 0 Å². The number of carbonyl (C=O) groups excluding carboxylic acids is 4. The summed E-state index contributed by atoms with van der Waals surface area (Å²) in [4.78, 5) is 55.2. The second-order valence-corrected chi connectivity index (χ2v) is 13.6. The summed E-state index contributed by atoms with van der Waals surface area (Å²) in [7, 11) is 1.59. The van der Waals surface area contributed by atoms with E-state index < -0.39 is 12.0 Å². The zero-order valence-corrected chi connectivity index (χ0v) is 32.0. The number of nitrogens with one attached hydrogen (secondary N) is 3. The molecule has 1 aliphatic carbocycles. The molecule has 5 rings (SSSR count). The largest absolute Gasteiger partial charge is 0.494 e. The van der Waals surface area contributed by atoms with Crippen LogP contribution in [0.15, 0.2) is 60.8 Å². The number of benzene rings is 2. The first-order valence-corrected chi connectivity index (χ1v) is 19.1. The number of hydrogen-bond donors (Lipinski definition) is 4. The molecule has 0 unspecified atom stereocenters. The normalized spacial score (nSPS) is 15.0. The number of ether oxygens (including phenoxy) is 5. The van der Waals surface area contributed by atoms with Crippen molar-refractivity contribution in [2.45, 2.75) is 44.2 Å². The number of aliphatic hydroxyl groups is 1. The molecule has 2 fully saturated rings. The number of rotatable bonds is 24. The predicted octanol–water partition coefficient (Wildman–Crippen LogP) is 2.00. The molecular weight excluding hydrogens is 722 g/mol. The fourth-order valence-corrected chi connectivity index (χ4v) is 6.07. The zero-order valence-electron chi connectivity index (χ0n) is 32.0. The summed E-state index contributed by atoms with van der Waals surface area (Å²) in [6.45, 7) is 3.44. The van der Waals surface area contributed by atoms with Gasteiger partial charge in [0.05, 0.1) is 78.6 Å². The molecule has 1 aliphatic heterocycles. The molecule has 0 spiro atoms. The topological polar surface area (TPSA) is 187 Å². The third-order valence-corrected chi connectivity index (χ3v) is 9.27. The van der Waals surface area contributed by atoms with Crippen molar-refractivity contribution in [1.29, 1.82) is 0 Å². The van der Waals surface area contributed by atoms with Gasteiger partial charge in [-0.3, -0.25) is 19.2 Å². The van der Waals surface area contributed by atoms with Crippen LogP contribution >= 0.6 is 0 Å². The van der Waals surface area contributed by atoms with Crippen molar-refractivity contribution >= 4 is 23.6 Å². The number of carbonyl (C=O) groups is 4. The number of methoxy groups -OCH3 is 1. The molecule has 0 bridgehead atoms. The Balaban J connectivity index is 0.864. The van der Waals surface area contributed by atoms with Crippen LogP contribution in [0.3, 0.4) is 0 Å². The summed E-state index contributed by atoms with van der Waals surface area (Å²) in [5.74, 6) is 0.196. The van der Waals surface area contributed by atoms with Crippen molar-refractivity contribution in [1.82, 2.24) is 25.8 Å². The lowest BCUT2D eigenvalue weighted by Gasteiger charge is -2.15. The maximum absolute atomic E-state index is 13.1. The Morgan fingerprint density at radius 3 is 2.18 bits per heavy atom. The first-order valence-electron chi connectivity index (χ1n) is 19.1. The van der Waals surface area contributed by atoms with Crippen LogP contribution in [0.5, 0.6) is 5.75 Å². The van der Waals surface area contributed by atoms with E-state index in [-0.39, 0.29) is 62.7 Å².